The second-order valence-electron chi connectivity index (χ2n) is 5.58. The summed E-state index contributed by atoms with van der Waals surface area (Å²) >= 11 is 0. The molecule has 1 aliphatic carbocycles. The summed E-state index contributed by atoms with van der Waals surface area (Å²) in [6.45, 7) is 7.07. The van der Waals surface area contributed by atoms with Crippen LogP contribution in [0.1, 0.15) is 33.1 Å². The molecule has 0 unspecified atom stereocenters. The molecule has 1 amide bonds. The van der Waals surface area contributed by atoms with Crippen LogP contribution in [0.5, 0.6) is 0 Å². The number of carbonyl (C=O) groups excluding carboxylic acids is 1. The topological polar surface area (TPSA) is 55.6 Å². The molecule has 1 spiro atoms. The number of carbonyl (C=O) groups is 1. The largest absolute Gasteiger partial charge is 0.381 e. The van der Waals surface area contributed by atoms with E-state index in [-0.39, 0.29) is 11.9 Å². The van der Waals surface area contributed by atoms with Crippen molar-refractivity contribution in [3.63, 3.8) is 0 Å². The Kier molecular flexibility index (Phi) is 3.73. The van der Waals surface area contributed by atoms with E-state index >= 15 is 0 Å². The van der Waals surface area contributed by atoms with Crippen LogP contribution in [0.4, 0.5) is 0 Å². The Labute approximate surface area is 103 Å². The van der Waals surface area contributed by atoms with E-state index in [1.807, 2.05) is 11.8 Å². The van der Waals surface area contributed by atoms with Crippen LogP contribution in [0.3, 0.4) is 0 Å². The van der Waals surface area contributed by atoms with Gasteiger partial charge in [-0.1, -0.05) is 6.42 Å². The average Bonchev–Trinajstić information content (AvgIpc) is 2.64. The number of ether oxygens (including phenoxy) is 1. The number of nitrogens with zero attached hydrogens (tertiary/aromatic N) is 1. The van der Waals surface area contributed by atoms with Gasteiger partial charge < -0.3 is 15.4 Å². The van der Waals surface area contributed by atoms with Gasteiger partial charge in [-0.3, -0.25) is 4.79 Å². The minimum Gasteiger partial charge on any atom is -0.381 e. The highest BCUT2D eigenvalue weighted by Crippen LogP contribution is 2.51. The molecule has 0 bridgehead atoms. The first-order chi connectivity index (χ1) is 8.09. The molecule has 17 heavy (non-hydrogen) atoms. The van der Waals surface area contributed by atoms with E-state index in [1.165, 1.54) is 19.3 Å². The maximum atomic E-state index is 12.0. The zero-order valence-electron chi connectivity index (χ0n) is 10.9. The maximum Gasteiger partial charge on any atom is 0.239 e. The van der Waals surface area contributed by atoms with Gasteiger partial charge in [0.15, 0.2) is 0 Å². The van der Waals surface area contributed by atoms with Crippen molar-refractivity contribution in [3.05, 3.63) is 0 Å². The molecule has 0 aromatic rings. The Morgan fingerprint density at radius 1 is 1.59 bits per heavy atom. The van der Waals surface area contributed by atoms with Crippen molar-refractivity contribution in [2.75, 3.05) is 26.3 Å². The first kappa shape index (κ1) is 12.8. The van der Waals surface area contributed by atoms with Gasteiger partial charge in [0.25, 0.3) is 0 Å². The molecule has 0 aromatic carbocycles. The van der Waals surface area contributed by atoms with E-state index in [0.717, 1.165) is 26.3 Å². The van der Waals surface area contributed by atoms with Gasteiger partial charge in [-0.05, 0) is 32.1 Å². The van der Waals surface area contributed by atoms with Crippen molar-refractivity contribution >= 4 is 5.91 Å². The Bertz CT molecular complexity index is 287. The Hall–Kier alpha value is -0.610. The van der Waals surface area contributed by atoms with Crippen molar-refractivity contribution in [2.24, 2.45) is 17.1 Å². The molecule has 2 N–H and O–H groups in total. The van der Waals surface area contributed by atoms with Crippen molar-refractivity contribution in [1.29, 1.82) is 0 Å². The number of likely N-dealkylation sites (tertiary alicyclic amines) is 1. The molecule has 0 radical (unpaired) electrons. The molecule has 2 fully saturated rings. The average molecular weight is 240 g/mol. The number of hydrogen-bond acceptors (Lipinski definition) is 3. The minimum atomic E-state index is -0.377. The molecule has 2 aliphatic rings. The molecule has 1 saturated heterocycles. The molecule has 1 heterocycles. The van der Waals surface area contributed by atoms with Crippen molar-refractivity contribution in [1.82, 2.24) is 4.90 Å². The first-order valence-electron chi connectivity index (χ1n) is 6.71. The van der Waals surface area contributed by atoms with Crippen LogP contribution in [0.25, 0.3) is 0 Å². The fourth-order valence-corrected chi connectivity index (χ4v) is 3.18. The van der Waals surface area contributed by atoms with E-state index < -0.39 is 0 Å². The highest BCUT2D eigenvalue weighted by Gasteiger charge is 2.51. The van der Waals surface area contributed by atoms with Crippen LogP contribution < -0.4 is 5.73 Å². The van der Waals surface area contributed by atoms with E-state index in [9.17, 15) is 4.79 Å². The van der Waals surface area contributed by atoms with Gasteiger partial charge in [0, 0.05) is 25.6 Å². The van der Waals surface area contributed by atoms with Gasteiger partial charge in [-0.15, -0.1) is 0 Å². The highest BCUT2D eigenvalue weighted by molar-refractivity contribution is 5.81. The van der Waals surface area contributed by atoms with Crippen LogP contribution in [0, 0.1) is 11.3 Å². The predicted octanol–water partition coefficient (Wildman–Crippen LogP) is 0.999. The van der Waals surface area contributed by atoms with Crippen LogP contribution >= 0.6 is 0 Å². The second kappa shape index (κ2) is 4.94. The Balaban J connectivity index is 1.99. The quantitative estimate of drug-likeness (QED) is 0.797. The summed E-state index contributed by atoms with van der Waals surface area (Å²) in [4.78, 5) is 13.9. The van der Waals surface area contributed by atoms with Gasteiger partial charge in [-0.25, -0.2) is 0 Å². The van der Waals surface area contributed by atoms with Crippen LogP contribution in [0.15, 0.2) is 0 Å². The summed E-state index contributed by atoms with van der Waals surface area (Å²) in [5, 5.41) is 0. The molecule has 4 nitrogen and oxygen atoms in total. The number of nitrogens with two attached hydrogens (primary N) is 1. The van der Waals surface area contributed by atoms with E-state index in [2.05, 4.69) is 0 Å². The molecular weight excluding hydrogens is 216 g/mol. The highest BCUT2D eigenvalue weighted by atomic mass is 16.5. The predicted molar refractivity (Wildman–Crippen MR) is 66.5 cm³/mol. The SMILES string of the molecule is CCOC[C@H]1CN(C(=O)[C@H](C)N)CC12CCC2. The van der Waals surface area contributed by atoms with Gasteiger partial charge >= 0.3 is 0 Å². The lowest BCUT2D eigenvalue weighted by molar-refractivity contribution is -0.131. The van der Waals surface area contributed by atoms with Gasteiger partial charge in [-0.2, -0.15) is 0 Å². The molecule has 0 aromatic heterocycles. The van der Waals surface area contributed by atoms with Crippen LogP contribution in [-0.4, -0.2) is 43.2 Å². The van der Waals surface area contributed by atoms with Crippen molar-refractivity contribution in [2.45, 2.75) is 39.2 Å². The van der Waals surface area contributed by atoms with Gasteiger partial charge in [0.2, 0.25) is 5.91 Å². The third-order valence-electron chi connectivity index (χ3n) is 4.39. The smallest absolute Gasteiger partial charge is 0.239 e. The fourth-order valence-electron chi connectivity index (χ4n) is 3.18. The van der Waals surface area contributed by atoms with E-state index in [0.29, 0.717) is 11.3 Å². The van der Waals surface area contributed by atoms with Crippen molar-refractivity contribution < 1.29 is 9.53 Å². The first-order valence-corrected chi connectivity index (χ1v) is 6.71. The van der Waals surface area contributed by atoms with E-state index in [1.54, 1.807) is 6.92 Å². The Morgan fingerprint density at radius 2 is 2.29 bits per heavy atom. The molecular formula is C13H24N2O2. The number of amides is 1. The summed E-state index contributed by atoms with van der Waals surface area (Å²) in [5.74, 6) is 0.606. The molecule has 98 valence electrons. The lowest BCUT2D eigenvalue weighted by atomic mass is 9.63. The summed E-state index contributed by atoms with van der Waals surface area (Å²) in [5.41, 5.74) is 6.03. The second-order valence-corrected chi connectivity index (χ2v) is 5.58. The normalized spacial score (nSPS) is 28.2. The van der Waals surface area contributed by atoms with Gasteiger partial charge in [0.1, 0.15) is 0 Å². The zero-order chi connectivity index (χ0) is 12.5. The van der Waals surface area contributed by atoms with E-state index in [4.69, 9.17) is 10.5 Å². The lowest BCUT2D eigenvalue weighted by Crippen LogP contribution is -2.43. The third-order valence-corrected chi connectivity index (χ3v) is 4.39. The zero-order valence-corrected chi connectivity index (χ0v) is 10.9. The van der Waals surface area contributed by atoms with Crippen LogP contribution in [-0.2, 0) is 9.53 Å². The minimum absolute atomic E-state index is 0.0928. The number of hydrogen-bond donors (Lipinski definition) is 1. The molecule has 4 heteroatoms. The monoisotopic (exact) mass is 240 g/mol. The summed E-state index contributed by atoms with van der Waals surface area (Å²) in [7, 11) is 0. The Morgan fingerprint density at radius 3 is 2.76 bits per heavy atom. The maximum absolute atomic E-state index is 12.0. The van der Waals surface area contributed by atoms with Crippen molar-refractivity contribution in [3.8, 4) is 0 Å². The standard InChI is InChI=1S/C13H24N2O2/c1-3-17-8-11-7-15(12(16)10(2)14)9-13(11)5-4-6-13/h10-11H,3-9,14H2,1-2H3/t10-,11+/m0/s1. The van der Waals surface area contributed by atoms with Gasteiger partial charge in [0.05, 0.1) is 12.6 Å². The third kappa shape index (κ3) is 2.33. The number of rotatable bonds is 4. The lowest BCUT2D eigenvalue weighted by Gasteiger charge is -2.42. The molecule has 1 aliphatic heterocycles. The summed E-state index contributed by atoms with van der Waals surface area (Å²) < 4.78 is 5.57. The summed E-state index contributed by atoms with van der Waals surface area (Å²) in [6.07, 6.45) is 3.78. The molecule has 1 saturated carbocycles. The van der Waals surface area contributed by atoms with Crippen LogP contribution in [0.2, 0.25) is 0 Å². The fraction of sp³-hybridized carbons (Fsp3) is 0.923. The summed E-state index contributed by atoms with van der Waals surface area (Å²) in [6, 6.07) is -0.377. The molecule has 2 atom stereocenters. The molecule has 2 rings (SSSR count).